The minimum atomic E-state index is -0.484. The zero-order chi connectivity index (χ0) is 29.3. The van der Waals surface area contributed by atoms with Crippen molar-refractivity contribution in [1.82, 2.24) is 10.2 Å². The van der Waals surface area contributed by atoms with Gasteiger partial charge in [-0.1, -0.05) is 18.2 Å². The van der Waals surface area contributed by atoms with E-state index in [2.05, 4.69) is 31.4 Å². The predicted octanol–water partition coefficient (Wildman–Crippen LogP) is 3.87. The molecule has 0 bridgehead atoms. The van der Waals surface area contributed by atoms with E-state index in [-0.39, 0.29) is 11.5 Å². The first-order valence-electron chi connectivity index (χ1n) is 14.4. The molecule has 2 fully saturated rings. The normalized spacial score (nSPS) is 15.8. The third-order valence-corrected chi connectivity index (χ3v) is 7.67. The number of anilines is 3. The lowest BCUT2D eigenvalue weighted by atomic mass is 10.1. The van der Waals surface area contributed by atoms with Gasteiger partial charge in [-0.15, -0.1) is 0 Å². The fraction of sp³-hybridized carbons (Fsp3) is 0.375. The van der Waals surface area contributed by atoms with E-state index in [1.807, 2.05) is 24.3 Å². The standard InChI is InChI=1S/C32H38FN5O4/c1-41-30-9-3-2-8-29(30)38-16-14-37(15-17-38)28-11-10-26(35-31(39)24-6-4-7-25(33)22-24)23-27(28)32(40)34-12-5-13-36-18-20-42-21-19-36/h2-4,6-11,22-23H,5,12-21H2,1H3,(H,34,40)(H,35,39). The van der Waals surface area contributed by atoms with E-state index in [1.165, 1.54) is 18.2 Å². The summed E-state index contributed by atoms with van der Waals surface area (Å²) >= 11 is 0. The molecule has 2 aliphatic heterocycles. The summed E-state index contributed by atoms with van der Waals surface area (Å²) in [4.78, 5) is 33.1. The molecule has 0 spiro atoms. The lowest BCUT2D eigenvalue weighted by Crippen LogP contribution is -2.47. The largest absolute Gasteiger partial charge is 0.495 e. The lowest BCUT2D eigenvalue weighted by molar-refractivity contribution is 0.0374. The van der Waals surface area contributed by atoms with Crippen molar-refractivity contribution < 1.29 is 23.5 Å². The summed E-state index contributed by atoms with van der Waals surface area (Å²) in [5.74, 6) is -0.283. The molecule has 2 N–H and O–H groups in total. The second-order valence-electron chi connectivity index (χ2n) is 10.4. The average molecular weight is 576 g/mol. The smallest absolute Gasteiger partial charge is 0.255 e. The van der Waals surface area contributed by atoms with Crippen molar-refractivity contribution >= 4 is 28.9 Å². The Morgan fingerprint density at radius 1 is 0.857 bits per heavy atom. The van der Waals surface area contributed by atoms with Crippen LogP contribution in [-0.2, 0) is 4.74 Å². The maximum Gasteiger partial charge on any atom is 0.255 e. The van der Waals surface area contributed by atoms with Crippen molar-refractivity contribution in [2.75, 3.05) is 87.8 Å². The van der Waals surface area contributed by atoms with Gasteiger partial charge in [0.15, 0.2) is 0 Å². The molecule has 222 valence electrons. The van der Waals surface area contributed by atoms with Gasteiger partial charge >= 0.3 is 0 Å². The zero-order valence-electron chi connectivity index (χ0n) is 24.0. The quantitative estimate of drug-likeness (QED) is 0.355. The fourth-order valence-electron chi connectivity index (χ4n) is 5.41. The highest BCUT2D eigenvalue weighted by Gasteiger charge is 2.24. The van der Waals surface area contributed by atoms with Crippen molar-refractivity contribution in [1.29, 1.82) is 0 Å². The number of halogens is 1. The molecule has 3 aromatic carbocycles. The zero-order valence-corrected chi connectivity index (χ0v) is 24.0. The first kappa shape index (κ1) is 29.3. The van der Waals surface area contributed by atoms with Gasteiger partial charge in [-0.3, -0.25) is 14.5 Å². The van der Waals surface area contributed by atoms with Crippen LogP contribution in [0.2, 0.25) is 0 Å². The van der Waals surface area contributed by atoms with Crippen LogP contribution in [0.15, 0.2) is 66.7 Å². The van der Waals surface area contributed by atoms with Gasteiger partial charge < -0.3 is 29.9 Å². The van der Waals surface area contributed by atoms with Gasteiger partial charge in [0.2, 0.25) is 0 Å². The van der Waals surface area contributed by atoms with Crippen LogP contribution in [0.3, 0.4) is 0 Å². The molecule has 3 aromatic rings. The number of carbonyl (C=O) groups excluding carboxylic acids is 2. The Hall–Kier alpha value is -4.15. The Labute approximate surface area is 246 Å². The molecule has 0 aromatic heterocycles. The number of methoxy groups -OCH3 is 1. The van der Waals surface area contributed by atoms with Gasteiger partial charge in [0.05, 0.1) is 31.6 Å². The van der Waals surface area contributed by atoms with Crippen LogP contribution >= 0.6 is 0 Å². The summed E-state index contributed by atoms with van der Waals surface area (Å²) in [6.45, 7) is 7.69. The van der Waals surface area contributed by atoms with Gasteiger partial charge in [-0.25, -0.2) is 4.39 Å². The highest BCUT2D eigenvalue weighted by atomic mass is 19.1. The van der Waals surface area contributed by atoms with Gasteiger partial charge in [-0.2, -0.15) is 0 Å². The molecule has 42 heavy (non-hydrogen) atoms. The van der Waals surface area contributed by atoms with E-state index < -0.39 is 11.7 Å². The number of nitrogens with zero attached hydrogens (tertiary/aromatic N) is 3. The van der Waals surface area contributed by atoms with E-state index in [0.717, 1.165) is 69.5 Å². The van der Waals surface area contributed by atoms with E-state index >= 15 is 0 Å². The van der Waals surface area contributed by atoms with Crippen LogP contribution in [0.5, 0.6) is 5.75 Å². The number of para-hydroxylation sites is 2. The molecule has 2 heterocycles. The SMILES string of the molecule is COc1ccccc1N1CCN(c2ccc(NC(=O)c3cccc(F)c3)cc2C(=O)NCCCN2CCOCC2)CC1. The molecule has 5 rings (SSSR count). The Morgan fingerprint density at radius 2 is 1.60 bits per heavy atom. The molecule has 10 heteroatoms. The summed E-state index contributed by atoms with van der Waals surface area (Å²) in [7, 11) is 1.68. The van der Waals surface area contributed by atoms with Crippen LogP contribution in [-0.4, -0.2) is 89.4 Å². The molecule has 2 aliphatic rings. The summed E-state index contributed by atoms with van der Waals surface area (Å²) in [6, 6.07) is 18.9. The number of ether oxygens (including phenoxy) is 2. The summed E-state index contributed by atoms with van der Waals surface area (Å²) in [5, 5.41) is 5.89. The number of benzene rings is 3. The van der Waals surface area contributed by atoms with Gasteiger partial charge in [0.25, 0.3) is 11.8 Å². The van der Waals surface area contributed by atoms with Gasteiger partial charge in [0.1, 0.15) is 11.6 Å². The van der Waals surface area contributed by atoms with Crippen molar-refractivity contribution in [2.45, 2.75) is 6.42 Å². The van der Waals surface area contributed by atoms with E-state index in [4.69, 9.17) is 9.47 Å². The van der Waals surface area contributed by atoms with Crippen molar-refractivity contribution in [3.8, 4) is 5.75 Å². The monoisotopic (exact) mass is 575 g/mol. The topological polar surface area (TPSA) is 86.4 Å². The van der Waals surface area contributed by atoms with E-state index in [0.29, 0.717) is 30.9 Å². The molecule has 2 amide bonds. The molecular weight excluding hydrogens is 537 g/mol. The van der Waals surface area contributed by atoms with Crippen LogP contribution in [0.25, 0.3) is 0 Å². The number of rotatable bonds is 10. The summed E-state index contributed by atoms with van der Waals surface area (Å²) in [5.41, 5.74) is 3.03. The van der Waals surface area contributed by atoms with Crippen LogP contribution < -0.4 is 25.2 Å². The van der Waals surface area contributed by atoms with Crippen molar-refractivity contribution in [3.05, 3.63) is 83.7 Å². The number of amides is 2. The Bertz CT molecular complexity index is 1370. The Morgan fingerprint density at radius 3 is 2.33 bits per heavy atom. The maximum absolute atomic E-state index is 13.7. The molecular formula is C32H38FN5O4. The highest BCUT2D eigenvalue weighted by molar-refractivity contribution is 6.06. The second-order valence-corrected chi connectivity index (χ2v) is 10.4. The van der Waals surface area contributed by atoms with Gasteiger partial charge in [-0.05, 0) is 61.5 Å². The fourth-order valence-corrected chi connectivity index (χ4v) is 5.41. The first-order valence-corrected chi connectivity index (χ1v) is 14.4. The van der Waals surface area contributed by atoms with Crippen molar-refractivity contribution in [2.24, 2.45) is 0 Å². The molecule has 0 saturated carbocycles. The second kappa shape index (κ2) is 14.2. The molecule has 0 aliphatic carbocycles. The minimum Gasteiger partial charge on any atom is -0.495 e. The summed E-state index contributed by atoms with van der Waals surface area (Å²) in [6.07, 6.45) is 0.828. The maximum atomic E-state index is 13.7. The Kier molecular flexibility index (Phi) is 9.89. The number of morpholine rings is 1. The van der Waals surface area contributed by atoms with Gasteiger partial charge in [0, 0.05) is 62.8 Å². The number of hydrogen-bond donors (Lipinski definition) is 2. The number of hydrogen-bond acceptors (Lipinski definition) is 7. The van der Waals surface area contributed by atoms with Crippen LogP contribution in [0.1, 0.15) is 27.1 Å². The van der Waals surface area contributed by atoms with Crippen molar-refractivity contribution in [3.63, 3.8) is 0 Å². The Balaban J connectivity index is 1.29. The third kappa shape index (κ3) is 7.37. The molecule has 0 atom stereocenters. The van der Waals surface area contributed by atoms with Crippen LogP contribution in [0.4, 0.5) is 21.5 Å². The average Bonchev–Trinajstić information content (AvgIpc) is 3.03. The lowest BCUT2D eigenvalue weighted by Gasteiger charge is -2.38. The first-order chi connectivity index (χ1) is 20.5. The van der Waals surface area contributed by atoms with E-state index in [1.54, 1.807) is 25.3 Å². The molecule has 0 radical (unpaired) electrons. The highest BCUT2D eigenvalue weighted by Crippen LogP contribution is 2.31. The minimum absolute atomic E-state index is 0.194. The van der Waals surface area contributed by atoms with Crippen LogP contribution in [0, 0.1) is 5.82 Å². The molecule has 0 unspecified atom stereocenters. The van der Waals surface area contributed by atoms with E-state index in [9.17, 15) is 14.0 Å². The number of piperazine rings is 1. The predicted molar refractivity (Wildman–Crippen MR) is 162 cm³/mol. The third-order valence-electron chi connectivity index (χ3n) is 7.67. The molecule has 9 nitrogen and oxygen atoms in total. The molecule has 2 saturated heterocycles. The number of carbonyl (C=O) groups is 2. The summed E-state index contributed by atoms with van der Waals surface area (Å²) < 4.78 is 24.7. The number of nitrogens with one attached hydrogen (secondary N) is 2.